The van der Waals surface area contributed by atoms with E-state index in [4.69, 9.17) is 25.8 Å². The number of methoxy groups -OCH3 is 1. The minimum atomic E-state index is -0.825. The van der Waals surface area contributed by atoms with Crippen molar-refractivity contribution in [2.45, 2.75) is 13.0 Å². The Labute approximate surface area is 204 Å². The predicted molar refractivity (Wildman–Crippen MR) is 129 cm³/mol. The van der Waals surface area contributed by atoms with Gasteiger partial charge in [-0.2, -0.15) is 5.10 Å². The van der Waals surface area contributed by atoms with Gasteiger partial charge in [0.2, 0.25) is 0 Å². The normalized spacial score (nSPS) is 14.1. The summed E-state index contributed by atoms with van der Waals surface area (Å²) in [5, 5.41) is 7.08. The van der Waals surface area contributed by atoms with Crippen LogP contribution in [0.25, 0.3) is 0 Å². The van der Waals surface area contributed by atoms with Gasteiger partial charge in [-0.05, 0) is 42.8 Å². The van der Waals surface area contributed by atoms with E-state index in [-0.39, 0.29) is 0 Å². The Kier molecular flexibility index (Phi) is 10.1. The molecular formula is C24H29ClN4O5. The van der Waals surface area contributed by atoms with Gasteiger partial charge in [-0.25, -0.2) is 5.43 Å². The van der Waals surface area contributed by atoms with Crippen LogP contribution in [0.5, 0.6) is 11.5 Å². The molecule has 10 heteroatoms. The number of halogens is 1. The molecular weight excluding hydrogens is 460 g/mol. The van der Waals surface area contributed by atoms with Crippen LogP contribution in [0.4, 0.5) is 0 Å². The minimum absolute atomic E-state index is 0.293. The van der Waals surface area contributed by atoms with Crippen LogP contribution in [0.1, 0.15) is 17.5 Å². The molecule has 9 nitrogen and oxygen atoms in total. The molecule has 1 fully saturated rings. The van der Waals surface area contributed by atoms with Crippen LogP contribution < -0.4 is 20.2 Å². The molecule has 0 spiro atoms. The van der Waals surface area contributed by atoms with E-state index >= 15 is 0 Å². The summed E-state index contributed by atoms with van der Waals surface area (Å²) in [4.78, 5) is 26.1. The first-order valence-electron chi connectivity index (χ1n) is 11.0. The lowest BCUT2D eigenvalue weighted by Crippen LogP contribution is -2.40. The quantitative estimate of drug-likeness (QED) is 0.230. The number of nitrogens with one attached hydrogen (secondary N) is 2. The molecule has 3 rings (SSSR count). The van der Waals surface area contributed by atoms with Crippen molar-refractivity contribution in [2.24, 2.45) is 5.10 Å². The number of carbonyl (C=O) groups is 2. The molecule has 1 aliphatic heterocycles. The Hall–Kier alpha value is -3.14. The highest BCUT2D eigenvalue weighted by Crippen LogP contribution is 2.29. The van der Waals surface area contributed by atoms with Gasteiger partial charge in [0.25, 0.3) is 0 Å². The zero-order valence-corrected chi connectivity index (χ0v) is 19.8. The minimum Gasteiger partial charge on any atom is -0.493 e. The van der Waals surface area contributed by atoms with Gasteiger partial charge in [-0.15, -0.1) is 0 Å². The monoisotopic (exact) mass is 488 g/mol. The van der Waals surface area contributed by atoms with E-state index in [1.165, 1.54) is 13.3 Å². The number of carbonyl (C=O) groups excluding carboxylic acids is 2. The van der Waals surface area contributed by atoms with Gasteiger partial charge in [0.15, 0.2) is 11.5 Å². The zero-order chi connectivity index (χ0) is 24.2. The van der Waals surface area contributed by atoms with E-state index in [1.807, 2.05) is 18.2 Å². The number of hydrazone groups is 1. The molecule has 2 aromatic rings. The van der Waals surface area contributed by atoms with Crippen molar-refractivity contribution in [1.29, 1.82) is 0 Å². The number of benzene rings is 2. The number of rotatable bonds is 10. The molecule has 0 atom stereocenters. The maximum absolute atomic E-state index is 11.9. The van der Waals surface area contributed by atoms with Crippen LogP contribution in [0.2, 0.25) is 5.02 Å². The first kappa shape index (κ1) is 25.5. The Morgan fingerprint density at radius 3 is 2.71 bits per heavy atom. The molecule has 2 N–H and O–H groups in total. The predicted octanol–water partition coefficient (Wildman–Crippen LogP) is 2.22. The van der Waals surface area contributed by atoms with Gasteiger partial charge < -0.3 is 19.5 Å². The van der Waals surface area contributed by atoms with Crippen LogP contribution in [0.3, 0.4) is 0 Å². The molecule has 1 heterocycles. The smallest absolute Gasteiger partial charge is 0.329 e. The third kappa shape index (κ3) is 8.02. The van der Waals surface area contributed by atoms with Gasteiger partial charge in [-0.3, -0.25) is 14.5 Å². The molecule has 1 saturated heterocycles. The number of nitrogens with zero attached hydrogens (tertiary/aromatic N) is 2. The molecule has 0 radical (unpaired) electrons. The third-order valence-electron chi connectivity index (χ3n) is 5.16. The fourth-order valence-corrected chi connectivity index (χ4v) is 3.47. The van der Waals surface area contributed by atoms with Crippen LogP contribution >= 0.6 is 11.6 Å². The number of ether oxygens (including phenoxy) is 3. The van der Waals surface area contributed by atoms with Gasteiger partial charge in [0.1, 0.15) is 6.61 Å². The van der Waals surface area contributed by atoms with Crippen LogP contribution in [-0.4, -0.2) is 69.4 Å². The SMILES string of the molecule is COc1cc(/C=N\NC(=O)C(=O)NCCCN2CCOCC2)ccc1OCc1ccccc1Cl. The number of amides is 2. The third-order valence-corrected chi connectivity index (χ3v) is 5.52. The lowest BCUT2D eigenvalue weighted by atomic mass is 10.2. The summed E-state index contributed by atoms with van der Waals surface area (Å²) in [6.07, 6.45) is 2.18. The number of hydrogen-bond donors (Lipinski definition) is 2. The van der Waals surface area contributed by atoms with Gasteiger partial charge >= 0.3 is 11.8 Å². The lowest BCUT2D eigenvalue weighted by molar-refractivity contribution is -0.139. The second-order valence-corrected chi connectivity index (χ2v) is 7.96. The molecule has 0 aromatic heterocycles. The van der Waals surface area contributed by atoms with Crippen LogP contribution in [0.15, 0.2) is 47.6 Å². The van der Waals surface area contributed by atoms with Crippen molar-refractivity contribution in [3.05, 3.63) is 58.6 Å². The second-order valence-electron chi connectivity index (χ2n) is 7.55. The molecule has 34 heavy (non-hydrogen) atoms. The maximum Gasteiger partial charge on any atom is 0.329 e. The first-order chi connectivity index (χ1) is 16.6. The number of morpholine rings is 1. The highest BCUT2D eigenvalue weighted by molar-refractivity contribution is 6.35. The summed E-state index contributed by atoms with van der Waals surface area (Å²) >= 11 is 6.16. The van der Waals surface area contributed by atoms with Gasteiger partial charge in [0, 0.05) is 30.2 Å². The number of hydrogen-bond acceptors (Lipinski definition) is 7. The Bertz CT molecular complexity index is 995. The average molecular weight is 489 g/mol. The fourth-order valence-electron chi connectivity index (χ4n) is 3.28. The molecule has 0 unspecified atom stereocenters. The Balaban J connectivity index is 1.42. The van der Waals surface area contributed by atoms with Crippen molar-refractivity contribution in [3.63, 3.8) is 0 Å². The molecule has 0 aliphatic carbocycles. The summed E-state index contributed by atoms with van der Waals surface area (Å²) in [6.45, 7) is 4.81. The maximum atomic E-state index is 11.9. The molecule has 182 valence electrons. The van der Waals surface area contributed by atoms with E-state index < -0.39 is 11.8 Å². The molecule has 1 aliphatic rings. The molecule has 2 amide bonds. The Morgan fingerprint density at radius 1 is 1.15 bits per heavy atom. The summed E-state index contributed by atoms with van der Waals surface area (Å²) in [6, 6.07) is 12.6. The largest absolute Gasteiger partial charge is 0.493 e. The molecule has 2 aromatic carbocycles. The van der Waals surface area contributed by atoms with E-state index in [0.717, 1.165) is 44.8 Å². The van der Waals surface area contributed by atoms with Gasteiger partial charge in [0.05, 0.1) is 26.5 Å². The van der Waals surface area contributed by atoms with E-state index in [0.29, 0.717) is 35.2 Å². The summed E-state index contributed by atoms with van der Waals surface area (Å²) in [7, 11) is 1.53. The van der Waals surface area contributed by atoms with E-state index in [1.54, 1.807) is 24.3 Å². The van der Waals surface area contributed by atoms with E-state index in [2.05, 4.69) is 20.7 Å². The van der Waals surface area contributed by atoms with Crippen molar-refractivity contribution in [3.8, 4) is 11.5 Å². The topological polar surface area (TPSA) is 101 Å². The van der Waals surface area contributed by atoms with Crippen molar-refractivity contribution in [2.75, 3.05) is 46.5 Å². The summed E-state index contributed by atoms with van der Waals surface area (Å²) in [5.41, 5.74) is 3.75. The van der Waals surface area contributed by atoms with Crippen molar-refractivity contribution < 1.29 is 23.8 Å². The fraction of sp³-hybridized carbons (Fsp3) is 0.375. The lowest BCUT2D eigenvalue weighted by Gasteiger charge is -2.26. The van der Waals surface area contributed by atoms with E-state index in [9.17, 15) is 9.59 Å². The highest BCUT2D eigenvalue weighted by Gasteiger charge is 2.13. The molecule has 0 saturated carbocycles. The van der Waals surface area contributed by atoms with Crippen LogP contribution in [0, 0.1) is 0 Å². The van der Waals surface area contributed by atoms with Crippen molar-refractivity contribution >= 4 is 29.6 Å². The summed E-state index contributed by atoms with van der Waals surface area (Å²) < 4.78 is 16.5. The average Bonchev–Trinajstić information content (AvgIpc) is 2.87. The van der Waals surface area contributed by atoms with Gasteiger partial charge in [-0.1, -0.05) is 29.8 Å². The first-order valence-corrected chi connectivity index (χ1v) is 11.4. The standard InChI is InChI=1S/C24H29ClN4O5/c1-32-22-15-18(7-8-21(22)34-17-19-5-2-3-6-20(19)25)16-27-28-24(31)23(30)26-9-4-10-29-11-13-33-14-12-29/h2-3,5-8,15-16H,4,9-14,17H2,1H3,(H,26,30)(H,28,31)/b27-16-. The highest BCUT2D eigenvalue weighted by atomic mass is 35.5. The second kappa shape index (κ2) is 13.5. The summed E-state index contributed by atoms with van der Waals surface area (Å²) in [5.74, 6) is -0.505. The Morgan fingerprint density at radius 2 is 1.94 bits per heavy atom. The molecule has 0 bridgehead atoms. The van der Waals surface area contributed by atoms with Crippen LogP contribution in [-0.2, 0) is 20.9 Å². The zero-order valence-electron chi connectivity index (χ0n) is 19.1. The van der Waals surface area contributed by atoms with Crippen molar-refractivity contribution in [1.82, 2.24) is 15.6 Å².